The molecule has 0 bridgehead atoms. The maximum atomic E-state index is 10.7. The van der Waals surface area contributed by atoms with E-state index in [0.29, 0.717) is 32.1 Å². The van der Waals surface area contributed by atoms with Gasteiger partial charge in [-0.15, -0.1) is 0 Å². The molecule has 0 aliphatic heterocycles. The molecule has 0 aromatic carbocycles. The molecule has 16 heteroatoms. The molecule has 5 N–H and O–H groups in total. The van der Waals surface area contributed by atoms with E-state index < -0.39 is 29.8 Å². The molecule has 635 valence electrons. The van der Waals surface area contributed by atoms with Crippen LogP contribution in [0, 0.1) is 0 Å². The van der Waals surface area contributed by atoms with Crippen molar-refractivity contribution in [3.8, 4) is 0 Å². The fourth-order valence-corrected chi connectivity index (χ4v) is 13.4. The second kappa shape index (κ2) is 111. The zero-order chi connectivity index (χ0) is 78.0. The quantitative estimate of drug-likeness (QED) is 0.0165. The van der Waals surface area contributed by atoms with Crippen LogP contribution in [0.5, 0.6) is 0 Å². The zero-order valence-electron chi connectivity index (χ0n) is 70.8. The smallest absolute Gasteiger partial charge is 0.301 e. The molecule has 0 saturated carbocycles. The SMILES string of the molecule is CCCCCCCCCCCCCCCCCC(=O)OO.CCCCCCCCCCCCCCCCCC(=O)OO.CCCCCCCCCCCCCCCCCC(=O)OO.CCCCCCCCCCCCCCCCCC(=O)OO.CCCCCCCCCCCCCCCCCC(=O)OO.[V]. The van der Waals surface area contributed by atoms with Crippen LogP contribution < -0.4 is 0 Å². The third-order valence-corrected chi connectivity index (χ3v) is 20.4. The summed E-state index contributed by atoms with van der Waals surface area (Å²) in [6.07, 6.45) is 100. The molecular formula is C90H180O15V. The maximum absolute atomic E-state index is 10.7. The summed E-state index contributed by atoms with van der Waals surface area (Å²) in [5.41, 5.74) is 0. The van der Waals surface area contributed by atoms with Gasteiger partial charge < -0.3 is 24.4 Å². The first-order valence-electron chi connectivity index (χ1n) is 45.8. The van der Waals surface area contributed by atoms with Gasteiger partial charge in [0.25, 0.3) is 0 Å². The molecule has 0 saturated heterocycles. The van der Waals surface area contributed by atoms with Crippen LogP contribution in [0.15, 0.2) is 0 Å². The molecule has 0 aromatic rings. The summed E-state index contributed by atoms with van der Waals surface area (Å²) in [5, 5.41) is 40.5. The van der Waals surface area contributed by atoms with Crippen LogP contribution in [0.3, 0.4) is 0 Å². The van der Waals surface area contributed by atoms with E-state index in [9.17, 15) is 24.0 Å². The minimum absolute atomic E-state index is 0. The van der Waals surface area contributed by atoms with Gasteiger partial charge in [0.2, 0.25) is 0 Å². The average Bonchev–Trinajstić information content (AvgIpc) is 3.87. The van der Waals surface area contributed by atoms with Crippen LogP contribution in [-0.4, -0.2) is 56.1 Å². The number of rotatable bonds is 80. The van der Waals surface area contributed by atoms with Gasteiger partial charge in [0.15, 0.2) is 0 Å². The van der Waals surface area contributed by atoms with Crippen molar-refractivity contribution in [3.63, 3.8) is 0 Å². The second-order valence-corrected chi connectivity index (χ2v) is 30.8. The molecule has 0 heterocycles. The molecule has 0 aromatic heterocycles. The number of hydrogen-bond donors (Lipinski definition) is 5. The van der Waals surface area contributed by atoms with Gasteiger partial charge in [-0.2, -0.15) is 26.3 Å². The van der Waals surface area contributed by atoms with Crippen LogP contribution in [0.1, 0.15) is 548 Å². The Hall–Kier alpha value is -2.27. The summed E-state index contributed by atoms with van der Waals surface area (Å²) in [6.45, 7) is 11.3. The average molecular weight is 1550 g/mol. The predicted octanol–water partition coefficient (Wildman–Crippen LogP) is 31.3. The number of carbonyl (C=O) groups excluding carboxylic acids is 5. The van der Waals surface area contributed by atoms with E-state index in [2.05, 4.69) is 59.1 Å². The Labute approximate surface area is 667 Å². The standard InChI is InChI=1S/5C18H36O3.V/c5*1-2-3-4-5-6-7-8-9-10-11-12-13-14-15-16-17-18(19)21-20;/h5*20H,2-17H2,1H3;. The first-order chi connectivity index (χ1) is 51.5. The Morgan fingerprint density at radius 1 is 0.142 bits per heavy atom. The molecule has 106 heavy (non-hydrogen) atoms. The number of hydrogen-bond acceptors (Lipinski definition) is 15. The molecule has 0 fully saturated rings. The minimum atomic E-state index is -0.510. The summed E-state index contributed by atoms with van der Waals surface area (Å²) in [7, 11) is 0. The van der Waals surface area contributed by atoms with E-state index in [0.717, 1.165) is 64.2 Å². The maximum Gasteiger partial charge on any atom is 0.342 e. The summed E-state index contributed by atoms with van der Waals surface area (Å²) >= 11 is 0. The predicted molar refractivity (Wildman–Crippen MR) is 441 cm³/mol. The molecule has 15 nitrogen and oxygen atoms in total. The first-order valence-corrected chi connectivity index (χ1v) is 45.8. The molecule has 0 amide bonds. The van der Waals surface area contributed by atoms with Crippen molar-refractivity contribution >= 4 is 29.8 Å². The summed E-state index contributed by atoms with van der Waals surface area (Å²) in [5.74, 6) is -2.55. The van der Waals surface area contributed by atoms with Gasteiger partial charge in [0, 0.05) is 50.7 Å². The monoisotopic (exact) mass is 1550 g/mol. The molecule has 0 spiro atoms. The third-order valence-electron chi connectivity index (χ3n) is 20.4. The van der Waals surface area contributed by atoms with Gasteiger partial charge in [-0.05, 0) is 32.1 Å². The van der Waals surface area contributed by atoms with Gasteiger partial charge in [0.1, 0.15) is 0 Å². The Bertz CT molecular complexity index is 1360. The van der Waals surface area contributed by atoms with Crippen molar-refractivity contribution in [2.45, 2.75) is 548 Å². The van der Waals surface area contributed by atoms with Gasteiger partial charge in [0.05, 0.1) is 0 Å². The Morgan fingerprint density at radius 3 is 0.274 bits per heavy atom. The van der Waals surface area contributed by atoms with E-state index in [-0.39, 0.29) is 18.6 Å². The van der Waals surface area contributed by atoms with E-state index in [4.69, 9.17) is 26.3 Å². The van der Waals surface area contributed by atoms with E-state index >= 15 is 0 Å². The van der Waals surface area contributed by atoms with Crippen molar-refractivity contribution in [1.29, 1.82) is 0 Å². The second-order valence-electron chi connectivity index (χ2n) is 30.8. The van der Waals surface area contributed by atoms with Crippen LogP contribution in [-0.2, 0) is 67.0 Å². The third kappa shape index (κ3) is 120. The van der Waals surface area contributed by atoms with Gasteiger partial charge in [-0.3, -0.25) is 0 Å². The summed E-state index contributed by atoms with van der Waals surface area (Å²) in [6, 6.07) is 0. The van der Waals surface area contributed by atoms with Crippen molar-refractivity contribution < 1.29 is 93.3 Å². The number of unbranched alkanes of at least 4 members (excludes halogenated alkanes) is 70. The van der Waals surface area contributed by atoms with Crippen molar-refractivity contribution in [1.82, 2.24) is 0 Å². The van der Waals surface area contributed by atoms with Crippen molar-refractivity contribution in [2.24, 2.45) is 0 Å². The molecule has 0 aliphatic carbocycles. The van der Waals surface area contributed by atoms with Crippen molar-refractivity contribution in [3.05, 3.63) is 0 Å². The topological polar surface area (TPSA) is 233 Å². The molecule has 0 atom stereocenters. The molecule has 0 aliphatic rings. The van der Waals surface area contributed by atoms with E-state index in [1.807, 2.05) is 0 Å². The molecule has 0 rings (SSSR count). The van der Waals surface area contributed by atoms with Crippen LogP contribution in [0.25, 0.3) is 0 Å². The van der Waals surface area contributed by atoms with Crippen LogP contribution in [0.4, 0.5) is 0 Å². The minimum Gasteiger partial charge on any atom is -0.301 e. The van der Waals surface area contributed by atoms with Gasteiger partial charge >= 0.3 is 29.8 Å². The van der Waals surface area contributed by atoms with Crippen LogP contribution >= 0.6 is 0 Å². The Kier molecular flexibility index (Phi) is 120. The Balaban J connectivity index is -0.000000294. The molecule has 0 unspecified atom stereocenters. The van der Waals surface area contributed by atoms with Crippen molar-refractivity contribution in [2.75, 3.05) is 0 Å². The molecule has 1 radical (unpaired) electrons. The zero-order valence-corrected chi connectivity index (χ0v) is 72.2. The van der Waals surface area contributed by atoms with Gasteiger partial charge in [-0.25, -0.2) is 24.0 Å². The first kappa shape index (κ1) is 115. The summed E-state index contributed by atoms with van der Waals surface area (Å²) in [4.78, 5) is 71.5. The van der Waals surface area contributed by atoms with Gasteiger partial charge in [-0.1, -0.05) is 484 Å². The summed E-state index contributed by atoms with van der Waals surface area (Å²) < 4.78 is 0. The van der Waals surface area contributed by atoms with Crippen LogP contribution in [0.2, 0.25) is 0 Å². The Morgan fingerprint density at radius 2 is 0.208 bits per heavy atom. The largest absolute Gasteiger partial charge is 0.342 e. The van der Waals surface area contributed by atoms with E-state index in [1.165, 1.54) is 417 Å². The number of carbonyl (C=O) groups is 5. The molecular weight excluding hydrogens is 1370 g/mol. The fourth-order valence-electron chi connectivity index (χ4n) is 13.4. The van der Waals surface area contributed by atoms with E-state index in [1.54, 1.807) is 0 Å². The normalized spacial score (nSPS) is 10.7. The fraction of sp³-hybridized carbons (Fsp3) is 0.944.